The van der Waals surface area contributed by atoms with Crippen LogP contribution in [-0.2, 0) is 10.0 Å². The number of hydrogen-bond acceptors (Lipinski definition) is 5. The van der Waals surface area contributed by atoms with Gasteiger partial charge in [0, 0.05) is 55.5 Å². The number of nitrogens with one attached hydrogen (secondary N) is 1. The van der Waals surface area contributed by atoms with E-state index in [1.807, 2.05) is 17.0 Å². The predicted molar refractivity (Wildman–Crippen MR) is 121 cm³/mol. The van der Waals surface area contributed by atoms with Crippen LogP contribution in [0.5, 0.6) is 0 Å². The Morgan fingerprint density at radius 2 is 1.55 bits per heavy atom. The minimum Gasteiger partial charge on any atom is -0.368 e. The molecule has 0 unspecified atom stereocenters. The van der Waals surface area contributed by atoms with Crippen LogP contribution in [0.15, 0.2) is 78.0 Å². The van der Waals surface area contributed by atoms with Crippen molar-refractivity contribution in [1.29, 1.82) is 0 Å². The van der Waals surface area contributed by atoms with Crippen molar-refractivity contribution in [2.45, 2.75) is 11.8 Å². The Kier molecular flexibility index (Phi) is 5.90. The number of aryl methyl sites for hydroxylation is 1. The van der Waals surface area contributed by atoms with E-state index in [2.05, 4.69) is 14.6 Å². The third-order valence-corrected chi connectivity index (χ3v) is 6.90. The third-order valence-electron chi connectivity index (χ3n) is 5.36. The van der Waals surface area contributed by atoms with E-state index in [9.17, 15) is 13.2 Å². The maximum absolute atomic E-state index is 12.9. The molecule has 0 spiro atoms. The van der Waals surface area contributed by atoms with Crippen LogP contribution in [-0.4, -0.2) is 50.4 Å². The smallest absolute Gasteiger partial charge is 0.262 e. The van der Waals surface area contributed by atoms with Crippen LogP contribution in [0, 0.1) is 6.92 Å². The lowest BCUT2D eigenvalue weighted by atomic mass is 10.1. The number of piperazine rings is 1. The van der Waals surface area contributed by atoms with Crippen LogP contribution < -0.4 is 9.62 Å². The second-order valence-electron chi connectivity index (χ2n) is 7.43. The van der Waals surface area contributed by atoms with E-state index in [0.717, 1.165) is 18.8 Å². The van der Waals surface area contributed by atoms with E-state index < -0.39 is 10.0 Å². The molecule has 0 aliphatic carbocycles. The summed E-state index contributed by atoms with van der Waals surface area (Å²) < 4.78 is 27.9. The number of anilines is 2. The first-order valence-electron chi connectivity index (χ1n) is 10.1. The summed E-state index contributed by atoms with van der Waals surface area (Å²) in [5.41, 5.74) is 2.73. The first-order valence-corrected chi connectivity index (χ1v) is 11.6. The Bertz CT molecular complexity index is 1160. The van der Waals surface area contributed by atoms with Gasteiger partial charge in [-0.25, -0.2) is 8.42 Å². The molecule has 1 saturated heterocycles. The standard InChI is InChI=1S/C23H24N4O3S/c1-18-4-2-3-5-22(18)31(29,30)25-20-8-6-19(7-9-20)23(28)27-16-14-26(15-17-27)21-10-12-24-13-11-21/h2-13,25H,14-17H2,1H3. The third kappa shape index (κ3) is 4.69. The summed E-state index contributed by atoms with van der Waals surface area (Å²) in [6.07, 6.45) is 3.53. The summed E-state index contributed by atoms with van der Waals surface area (Å²) in [5.74, 6) is -0.0531. The van der Waals surface area contributed by atoms with Crippen LogP contribution in [0.25, 0.3) is 0 Å². The lowest BCUT2D eigenvalue weighted by molar-refractivity contribution is 0.0747. The van der Waals surface area contributed by atoms with Crippen molar-refractivity contribution >= 4 is 27.3 Å². The number of benzene rings is 2. The number of sulfonamides is 1. The number of rotatable bonds is 5. The molecule has 1 aliphatic rings. The molecule has 2 heterocycles. The zero-order valence-corrected chi connectivity index (χ0v) is 18.0. The van der Waals surface area contributed by atoms with Crippen molar-refractivity contribution in [2.75, 3.05) is 35.8 Å². The molecular weight excluding hydrogens is 412 g/mol. The van der Waals surface area contributed by atoms with E-state index >= 15 is 0 Å². The van der Waals surface area contributed by atoms with E-state index in [-0.39, 0.29) is 10.8 Å². The van der Waals surface area contributed by atoms with Crippen molar-refractivity contribution in [2.24, 2.45) is 0 Å². The molecule has 160 valence electrons. The molecule has 3 aromatic rings. The maximum atomic E-state index is 12.9. The van der Waals surface area contributed by atoms with Gasteiger partial charge in [-0.15, -0.1) is 0 Å². The van der Waals surface area contributed by atoms with Crippen molar-refractivity contribution in [3.63, 3.8) is 0 Å². The van der Waals surface area contributed by atoms with Gasteiger partial charge in [0.2, 0.25) is 0 Å². The van der Waals surface area contributed by atoms with Crippen molar-refractivity contribution in [1.82, 2.24) is 9.88 Å². The van der Waals surface area contributed by atoms with Gasteiger partial charge in [-0.3, -0.25) is 14.5 Å². The topological polar surface area (TPSA) is 82.6 Å². The maximum Gasteiger partial charge on any atom is 0.262 e. The van der Waals surface area contributed by atoms with Gasteiger partial charge in [-0.05, 0) is 55.0 Å². The highest BCUT2D eigenvalue weighted by atomic mass is 32.2. The zero-order valence-electron chi connectivity index (χ0n) is 17.2. The molecule has 0 saturated carbocycles. The number of carbonyl (C=O) groups is 1. The molecule has 0 bridgehead atoms. The van der Waals surface area contributed by atoms with Crippen LogP contribution in [0.4, 0.5) is 11.4 Å². The largest absolute Gasteiger partial charge is 0.368 e. The fraction of sp³-hybridized carbons (Fsp3) is 0.217. The van der Waals surface area contributed by atoms with E-state index in [4.69, 9.17) is 0 Å². The second kappa shape index (κ2) is 8.77. The summed E-state index contributed by atoms with van der Waals surface area (Å²) >= 11 is 0. The van der Waals surface area contributed by atoms with E-state index in [1.54, 1.807) is 67.8 Å². The number of pyridine rings is 1. The lowest BCUT2D eigenvalue weighted by Gasteiger charge is -2.36. The minimum absolute atomic E-state index is 0.0531. The first-order chi connectivity index (χ1) is 14.9. The molecule has 1 aromatic heterocycles. The fourth-order valence-corrected chi connectivity index (χ4v) is 4.96. The molecule has 1 N–H and O–H groups in total. The number of hydrogen-bond donors (Lipinski definition) is 1. The quantitative estimate of drug-likeness (QED) is 0.664. The van der Waals surface area contributed by atoms with Gasteiger partial charge in [0.25, 0.3) is 15.9 Å². The predicted octanol–water partition coefficient (Wildman–Crippen LogP) is 3.15. The average Bonchev–Trinajstić information content (AvgIpc) is 2.80. The summed E-state index contributed by atoms with van der Waals surface area (Å²) in [4.78, 5) is 21.2. The Hall–Kier alpha value is -3.39. The molecule has 0 radical (unpaired) electrons. The Morgan fingerprint density at radius 3 is 2.19 bits per heavy atom. The SMILES string of the molecule is Cc1ccccc1S(=O)(=O)Nc1ccc(C(=O)N2CCN(c3ccncc3)CC2)cc1. The molecule has 4 rings (SSSR count). The minimum atomic E-state index is -3.69. The monoisotopic (exact) mass is 436 g/mol. The highest BCUT2D eigenvalue weighted by Gasteiger charge is 2.23. The molecule has 7 nitrogen and oxygen atoms in total. The van der Waals surface area contributed by atoms with E-state index in [0.29, 0.717) is 29.9 Å². The summed E-state index contributed by atoms with van der Waals surface area (Å²) in [7, 11) is -3.69. The molecule has 2 aromatic carbocycles. The van der Waals surface area contributed by atoms with Crippen LogP contribution in [0.3, 0.4) is 0 Å². The summed E-state index contributed by atoms with van der Waals surface area (Å²) in [6, 6.07) is 17.3. The number of amides is 1. The van der Waals surface area contributed by atoms with Gasteiger partial charge in [-0.1, -0.05) is 18.2 Å². The van der Waals surface area contributed by atoms with Crippen LogP contribution in [0.2, 0.25) is 0 Å². The Balaban J connectivity index is 1.39. The first kappa shape index (κ1) is 20.9. The van der Waals surface area contributed by atoms with Crippen molar-refractivity contribution < 1.29 is 13.2 Å². The molecule has 8 heteroatoms. The molecule has 0 atom stereocenters. The summed E-state index contributed by atoms with van der Waals surface area (Å²) in [6.45, 7) is 4.52. The van der Waals surface area contributed by atoms with Gasteiger partial charge in [0.05, 0.1) is 4.90 Å². The lowest BCUT2D eigenvalue weighted by Crippen LogP contribution is -2.48. The molecule has 1 fully saturated rings. The van der Waals surface area contributed by atoms with Crippen LogP contribution in [0.1, 0.15) is 15.9 Å². The van der Waals surface area contributed by atoms with Gasteiger partial charge < -0.3 is 9.80 Å². The van der Waals surface area contributed by atoms with Gasteiger partial charge >= 0.3 is 0 Å². The average molecular weight is 437 g/mol. The van der Waals surface area contributed by atoms with E-state index in [1.165, 1.54) is 0 Å². The molecule has 31 heavy (non-hydrogen) atoms. The Morgan fingerprint density at radius 1 is 0.903 bits per heavy atom. The highest BCUT2D eigenvalue weighted by molar-refractivity contribution is 7.92. The molecule has 1 amide bonds. The number of carbonyl (C=O) groups excluding carboxylic acids is 1. The highest BCUT2D eigenvalue weighted by Crippen LogP contribution is 2.21. The number of nitrogens with zero attached hydrogens (tertiary/aromatic N) is 3. The van der Waals surface area contributed by atoms with Gasteiger partial charge in [-0.2, -0.15) is 0 Å². The molecular formula is C23H24N4O3S. The summed E-state index contributed by atoms with van der Waals surface area (Å²) in [5, 5.41) is 0. The molecule has 1 aliphatic heterocycles. The number of aromatic nitrogens is 1. The van der Waals surface area contributed by atoms with Crippen molar-refractivity contribution in [3.05, 3.63) is 84.2 Å². The van der Waals surface area contributed by atoms with Gasteiger partial charge in [0.1, 0.15) is 0 Å². The van der Waals surface area contributed by atoms with Gasteiger partial charge in [0.15, 0.2) is 0 Å². The zero-order chi connectivity index (χ0) is 21.8. The normalized spacial score (nSPS) is 14.4. The van der Waals surface area contributed by atoms with Crippen molar-refractivity contribution in [3.8, 4) is 0 Å². The Labute approximate surface area is 182 Å². The van der Waals surface area contributed by atoms with Crippen LogP contribution >= 0.6 is 0 Å². The second-order valence-corrected chi connectivity index (χ2v) is 9.08. The fourth-order valence-electron chi connectivity index (χ4n) is 3.65.